The van der Waals surface area contributed by atoms with Gasteiger partial charge in [-0.15, -0.1) is 0 Å². The lowest BCUT2D eigenvalue weighted by Crippen LogP contribution is -2.53. The van der Waals surface area contributed by atoms with Crippen molar-refractivity contribution in [3.8, 4) is 0 Å². The number of amides is 2. The molecule has 0 fully saturated rings. The van der Waals surface area contributed by atoms with Crippen molar-refractivity contribution < 1.29 is 22.4 Å². The Bertz CT molecular complexity index is 1680. The first-order chi connectivity index (χ1) is 21.1. The van der Waals surface area contributed by atoms with Gasteiger partial charge >= 0.3 is 0 Å². The molecule has 44 heavy (non-hydrogen) atoms. The van der Waals surface area contributed by atoms with Gasteiger partial charge in [-0.2, -0.15) is 0 Å². The van der Waals surface area contributed by atoms with Crippen LogP contribution in [-0.4, -0.2) is 44.3 Å². The van der Waals surface area contributed by atoms with Crippen LogP contribution < -0.4 is 9.62 Å². The maximum absolute atomic E-state index is 15.2. The number of para-hydroxylation sites is 1. The summed E-state index contributed by atoms with van der Waals surface area (Å²) in [5, 5.41) is 2.92. The molecule has 0 aliphatic carbocycles. The zero-order chi connectivity index (χ0) is 31.7. The average molecular weight is 616 g/mol. The molecule has 1 N–H and O–H groups in total. The van der Waals surface area contributed by atoms with Crippen molar-refractivity contribution in [1.29, 1.82) is 0 Å². The average Bonchev–Trinajstić information content (AvgIpc) is 3.01. The number of benzene rings is 4. The molecule has 4 aromatic rings. The van der Waals surface area contributed by atoms with E-state index in [2.05, 4.69) is 5.32 Å². The van der Waals surface area contributed by atoms with Crippen molar-refractivity contribution in [3.05, 3.63) is 131 Å². The SMILES string of the molecule is CCCNC(=O)[C@@H](Cc1ccccc1)N(Cc1cccc(C)c1)C(=O)CN(c1ccccc1F)S(=O)(=O)c1ccc(C)cc1. The van der Waals surface area contributed by atoms with Gasteiger partial charge in [0.15, 0.2) is 0 Å². The second-order valence-corrected chi connectivity index (χ2v) is 12.6. The van der Waals surface area contributed by atoms with Gasteiger partial charge in [-0.1, -0.05) is 96.9 Å². The highest BCUT2D eigenvalue weighted by atomic mass is 32.2. The topological polar surface area (TPSA) is 86.8 Å². The summed E-state index contributed by atoms with van der Waals surface area (Å²) in [6.45, 7) is 5.44. The van der Waals surface area contributed by atoms with E-state index < -0.39 is 34.3 Å². The number of hydrogen-bond acceptors (Lipinski definition) is 4. The standard InChI is InChI=1S/C35H38FN3O4S/c1-4-21-37-35(41)33(23-28-12-6-5-7-13-28)38(24-29-14-10-11-27(3)22-29)34(40)25-39(32-16-9-8-15-31(32)36)44(42,43)30-19-17-26(2)18-20-30/h5-20,22,33H,4,21,23-25H2,1-3H3,(H,37,41)/t33-/m1/s1. The van der Waals surface area contributed by atoms with Crippen LogP contribution in [0.15, 0.2) is 108 Å². The summed E-state index contributed by atoms with van der Waals surface area (Å²) >= 11 is 0. The number of nitrogens with one attached hydrogen (secondary N) is 1. The summed E-state index contributed by atoms with van der Waals surface area (Å²) in [6, 6.07) is 27.6. The molecule has 1 atom stereocenters. The molecule has 0 aromatic heterocycles. The fourth-order valence-corrected chi connectivity index (χ4v) is 6.35. The van der Waals surface area contributed by atoms with Gasteiger partial charge in [0.25, 0.3) is 10.0 Å². The van der Waals surface area contributed by atoms with Crippen LogP contribution in [0.3, 0.4) is 0 Å². The molecule has 0 unspecified atom stereocenters. The molecular weight excluding hydrogens is 577 g/mol. The van der Waals surface area contributed by atoms with Crippen LogP contribution in [-0.2, 0) is 32.6 Å². The Kier molecular flexibility index (Phi) is 10.9. The predicted octanol–water partition coefficient (Wildman–Crippen LogP) is 5.80. The molecule has 2 amide bonds. The number of nitrogens with zero attached hydrogens (tertiary/aromatic N) is 2. The lowest BCUT2D eigenvalue weighted by molar-refractivity contribution is -0.140. The van der Waals surface area contributed by atoms with Gasteiger partial charge < -0.3 is 10.2 Å². The first-order valence-corrected chi connectivity index (χ1v) is 16.0. The van der Waals surface area contributed by atoms with E-state index in [0.717, 1.165) is 32.6 Å². The molecule has 4 rings (SSSR count). The highest BCUT2D eigenvalue weighted by Gasteiger charge is 2.35. The van der Waals surface area contributed by atoms with E-state index in [1.807, 2.05) is 75.4 Å². The highest BCUT2D eigenvalue weighted by Crippen LogP contribution is 2.27. The molecule has 4 aromatic carbocycles. The van der Waals surface area contributed by atoms with E-state index in [-0.39, 0.29) is 29.5 Å². The minimum Gasteiger partial charge on any atom is -0.354 e. The molecule has 0 saturated carbocycles. The normalized spacial score (nSPS) is 11.9. The van der Waals surface area contributed by atoms with Crippen molar-refractivity contribution in [2.24, 2.45) is 0 Å². The summed E-state index contributed by atoms with van der Waals surface area (Å²) in [7, 11) is -4.38. The predicted molar refractivity (Wildman–Crippen MR) is 171 cm³/mol. The maximum Gasteiger partial charge on any atom is 0.264 e. The van der Waals surface area contributed by atoms with Crippen LogP contribution in [0, 0.1) is 19.7 Å². The smallest absolute Gasteiger partial charge is 0.264 e. The minimum absolute atomic E-state index is 0.0489. The second-order valence-electron chi connectivity index (χ2n) is 10.8. The summed E-state index contributed by atoms with van der Waals surface area (Å²) in [6.07, 6.45) is 0.907. The monoisotopic (exact) mass is 615 g/mol. The summed E-state index contributed by atoms with van der Waals surface area (Å²) in [5.41, 5.74) is 3.18. The third-order valence-corrected chi connectivity index (χ3v) is 9.04. The third-order valence-electron chi connectivity index (χ3n) is 7.26. The van der Waals surface area contributed by atoms with Crippen LogP contribution in [0.5, 0.6) is 0 Å². The number of rotatable bonds is 13. The molecule has 0 saturated heterocycles. The molecular formula is C35H38FN3O4S. The van der Waals surface area contributed by atoms with E-state index in [1.54, 1.807) is 12.1 Å². The van der Waals surface area contributed by atoms with Gasteiger partial charge in [-0.3, -0.25) is 13.9 Å². The quantitative estimate of drug-likeness (QED) is 0.206. The zero-order valence-electron chi connectivity index (χ0n) is 25.2. The molecule has 0 bridgehead atoms. The number of anilines is 1. The molecule has 0 aliphatic rings. The van der Waals surface area contributed by atoms with Crippen LogP contribution in [0.1, 0.15) is 35.6 Å². The molecule has 9 heteroatoms. The first-order valence-electron chi connectivity index (χ1n) is 14.6. The van der Waals surface area contributed by atoms with Crippen LogP contribution in [0.2, 0.25) is 0 Å². The van der Waals surface area contributed by atoms with Crippen molar-refractivity contribution >= 4 is 27.5 Å². The highest BCUT2D eigenvalue weighted by molar-refractivity contribution is 7.92. The first kappa shape index (κ1) is 32.4. The maximum atomic E-state index is 15.2. The van der Waals surface area contributed by atoms with E-state index in [1.165, 1.54) is 35.2 Å². The van der Waals surface area contributed by atoms with Gasteiger partial charge in [0.1, 0.15) is 18.4 Å². The molecule has 0 radical (unpaired) electrons. The lowest BCUT2D eigenvalue weighted by atomic mass is 10.0. The number of halogens is 1. The summed E-state index contributed by atoms with van der Waals surface area (Å²) < 4.78 is 44.0. The Morgan fingerprint density at radius 1 is 0.818 bits per heavy atom. The number of carbonyl (C=O) groups is 2. The minimum atomic E-state index is -4.38. The Morgan fingerprint density at radius 3 is 2.14 bits per heavy atom. The van der Waals surface area contributed by atoms with E-state index >= 15 is 4.39 Å². The van der Waals surface area contributed by atoms with Gasteiger partial charge in [0, 0.05) is 19.5 Å². The number of carbonyl (C=O) groups excluding carboxylic acids is 2. The largest absolute Gasteiger partial charge is 0.354 e. The second kappa shape index (κ2) is 14.8. The Hall–Kier alpha value is -4.50. The van der Waals surface area contributed by atoms with Crippen molar-refractivity contribution in [1.82, 2.24) is 10.2 Å². The van der Waals surface area contributed by atoms with E-state index in [9.17, 15) is 18.0 Å². The van der Waals surface area contributed by atoms with Crippen LogP contribution >= 0.6 is 0 Å². The number of hydrogen-bond donors (Lipinski definition) is 1. The Morgan fingerprint density at radius 2 is 1.48 bits per heavy atom. The number of sulfonamides is 1. The molecule has 7 nitrogen and oxygen atoms in total. The van der Waals surface area contributed by atoms with E-state index in [0.29, 0.717) is 13.0 Å². The number of aryl methyl sites for hydroxylation is 2. The fraction of sp³-hybridized carbons (Fsp3) is 0.257. The summed E-state index contributed by atoms with van der Waals surface area (Å²) in [5.74, 6) is -1.78. The van der Waals surface area contributed by atoms with Crippen LogP contribution in [0.4, 0.5) is 10.1 Å². The molecule has 0 spiro atoms. The molecule has 0 heterocycles. The van der Waals surface area contributed by atoms with Crippen molar-refractivity contribution in [2.45, 2.75) is 51.1 Å². The van der Waals surface area contributed by atoms with E-state index in [4.69, 9.17) is 0 Å². The third kappa shape index (κ3) is 8.11. The lowest BCUT2D eigenvalue weighted by Gasteiger charge is -2.34. The Balaban J connectivity index is 1.80. The van der Waals surface area contributed by atoms with Gasteiger partial charge in [-0.05, 0) is 55.7 Å². The van der Waals surface area contributed by atoms with Gasteiger partial charge in [0.2, 0.25) is 11.8 Å². The fourth-order valence-electron chi connectivity index (χ4n) is 4.93. The van der Waals surface area contributed by atoms with Crippen molar-refractivity contribution in [3.63, 3.8) is 0 Å². The molecule has 0 aliphatic heterocycles. The zero-order valence-corrected chi connectivity index (χ0v) is 26.1. The van der Waals surface area contributed by atoms with Crippen LogP contribution in [0.25, 0.3) is 0 Å². The van der Waals surface area contributed by atoms with Crippen molar-refractivity contribution in [2.75, 3.05) is 17.4 Å². The van der Waals surface area contributed by atoms with Gasteiger partial charge in [0.05, 0.1) is 10.6 Å². The molecule has 230 valence electrons. The van der Waals surface area contributed by atoms with Gasteiger partial charge in [-0.25, -0.2) is 12.8 Å². The summed E-state index contributed by atoms with van der Waals surface area (Å²) in [4.78, 5) is 29.4. The Labute approximate surface area is 259 Å².